The predicted octanol–water partition coefficient (Wildman–Crippen LogP) is 1.77. The quantitative estimate of drug-likeness (QED) is 0.919. The lowest BCUT2D eigenvalue weighted by atomic mass is 9.82. The van der Waals surface area contributed by atoms with E-state index in [-0.39, 0.29) is 18.4 Å². The second-order valence-corrected chi connectivity index (χ2v) is 6.69. The molecule has 0 aromatic carbocycles. The van der Waals surface area contributed by atoms with E-state index in [1.54, 1.807) is 11.1 Å². The van der Waals surface area contributed by atoms with Crippen LogP contribution in [0, 0.1) is 6.92 Å². The number of amides is 1. The van der Waals surface area contributed by atoms with Crippen LogP contribution in [-0.2, 0) is 9.53 Å². The standard InChI is InChI=1S/C17H25N3O3/c1-13-18-8-5-14(19-13)15-12-20(9-10-23-15)16(21)11-17(22)6-3-2-4-7-17/h5,8,15,22H,2-4,6-7,9-12H2,1H3/t15-/m1/s1. The van der Waals surface area contributed by atoms with Gasteiger partial charge in [0.1, 0.15) is 11.9 Å². The number of aliphatic hydroxyl groups is 1. The highest BCUT2D eigenvalue weighted by Crippen LogP contribution is 2.32. The summed E-state index contributed by atoms with van der Waals surface area (Å²) in [5.41, 5.74) is 0.000588. The van der Waals surface area contributed by atoms with Gasteiger partial charge in [-0.05, 0) is 25.8 Å². The van der Waals surface area contributed by atoms with E-state index in [1.165, 1.54) is 0 Å². The number of morpholine rings is 1. The fourth-order valence-corrected chi connectivity index (χ4v) is 3.49. The predicted molar refractivity (Wildman–Crippen MR) is 84.7 cm³/mol. The Morgan fingerprint density at radius 2 is 2.22 bits per heavy atom. The Bertz CT molecular complexity index is 558. The summed E-state index contributed by atoms with van der Waals surface area (Å²) in [6.07, 6.45) is 6.37. The highest BCUT2D eigenvalue weighted by atomic mass is 16.5. The molecule has 6 nitrogen and oxygen atoms in total. The first-order valence-corrected chi connectivity index (χ1v) is 8.47. The van der Waals surface area contributed by atoms with Crippen LogP contribution < -0.4 is 0 Å². The van der Waals surface area contributed by atoms with Crippen molar-refractivity contribution in [1.82, 2.24) is 14.9 Å². The van der Waals surface area contributed by atoms with E-state index in [2.05, 4.69) is 9.97 Å². The van der Waals surface area contributed by atoms with Crippen molar-refractivity contribution in [3.8, 4) is 0 Å². The van der Waals surface area contributed by atoms with Gasteiger partial charge >= 0.3 is 0 Å². The van der Waals surface area contributed by atoms with Gasteiger partial charge in [0.25, 0.3) is 0 Å². The Morgan fingerprint density at radius 1 is 1.43 bits per heavy atom. The fraction of sp³-hybridized carbons (Fsp3) is 0.706. The van der Waals surface area contributed by atoms with Crippen LogP contribution in [0.25, 0.3) is 0 Å². The lowest BCUT2D eigenvalue weighted by Gasteiger charge is -2.37. The van der Waals surface area contributed by atoms with E-state index in [0.717, 1.165) is 37.8 Å². The van der Waals surface area contributed by atoms with Crippen molar-refractivity contribution in [2.45, 2.75) is 57.2 Å². The Balaban J connectivity index is 1.62. The summed E-state index contributed by atoms with van der Waals surface area (Å²) in [7, 11) is 0. The molecule has 1 saturated heterocycles. The lowest BCUT2D eigenvalue weighted by molar-refractivity contribution is -0.145. The molecule has 0 spiro atoms. The number of hydrogen-bond acceptors (Lipinski definition) is 5. The zero-order chi connectivity index (χ0) is 16.3. The molecular weight excluding hydrogens is 294 g/mol. The minimum Gasteiger partial charge on any atom is -0.389 e. The summed E-state index contributed by atoms with van der Waals surface area (Å²) in [5.74, 6) is 0.722. The molecule has 0 bridgehead atoms. The fourth-order valence-electron chi connectivity index (χ4n) is 3.49. The van der Waals surface area contributed by atoms with Gasteiger partial charge in [-0.3, -0.25) is 4.79 Å². The molecule has 1 atom stereocenters. The Labute approximate surface area is 136 Å². The van der Waals surface area contributed by atoms with E-state index < -0.39 is 5.60 Å². The normalized spacial score (nSPS) is 24.4. The smallest absolute Gasteiger partial charge is 0.225 e. The van der Waals surface area contributed by atoms with E-state index in [4.69, 9.17) is 4.74 Å². The summed E-state index contributed by atoms with van der Waals surface area (Å²) in [5, 5.41) is 10.6. The number of aryl methyl sites for hydroxylation is 1. The van der Waals surface area contributed by atoms with Crippen molar-refractivity contribution < 1.29 is 14.6 Å². The van der Waals surface area contributed by atoms with E-state index >= 15 is 0 Å². The number of carbonyl (C=O) groups is 1. The summed E-state index contributed by atoms with van der Waals surface area (Å²) in [6, 6.07) is 1.83. The summed E-state index contributed by atoms with van der Waals surface area (Å²) in [4.78, 5) is 22.9. The molecule has 2 heterocycles. The number of carbonyl (C=O) groups excluding carboxylic acids is 1. The van der Waals surface area contributed by atoms with Gasteiger partial charge < -0.3 is 14.7 Å². The first-order chi connectivity index (χ1) is 11.1. The molecule has 1 saturated carbocycles. The highest BCUT2D eigenvalue weighted by molar-refractivity contribution is 5.77. The average Bonchev–Trinajstić information content (AvgIpc) is 2.55. The van der Waals surface area contributed by atoms with Gasteiger partial charge in [-0.15, -0.1) is 0 Å². The second-order valence-electron chi connectivity index (χ2n) is 6.69. The molecule has 1 N–H and O–H groups in total. The van der Waals surface area contributed by atoms with Crippen molar-refractivity contribution in [3.63, 3.8) is 0 Å². The molecule has 0 radical (unpaired) electrons. The maximum absolute atomic E-state index is 12.6. The average molecular weight is 319 g/mol. The third kappa shape index (κ3) is 4.06. The van der Waals surface area contributed by atoms with Crippen LogP contribution in [0.15, 0.2) is 12.3 Å². The summed E-state index contributed by atoms with van der Waals surface area (Å²) < 4.78 is 5.77. The largest absolute Gasteiger partial charge is 0.389 e. The van der Waals surface area contributed by atoms with Crippen LogP contribution in [0.4, 0.5) is 0 Å². The van der Waals surface area contributed by atoms with Gasteiger partial charge in [0.05, 0.1) is 30.9 Å². The number of ether oxygens (including phenoxy) is 1. The van der Waals surface area contributed by atoms with Crippen molar-refractivity contribution in [3.05, 3.63) is 23.8 Å². The van der Waals surface area contributed by atoms with Crippen LogP contribution >= 0.6 is 0 Å². The highest BCUT2D eigenvalue weighted by Gasteiger charge is 2.35. The summed E-state index contributed by atoms with van der Waals surface area (Å²) >= 11 is 0. The molecule has 6 heteroatoms. The van der Waals surface area contributed by atoms with Gasteiger partial charge in [0.2, 0.25) is 5.91 Å². The molecule has 0 unspecified atom stereocenters. The van der Waals surface area contributed by atoms with Crippen molar-refractivity contribution >= 4 is 5.91 Å². The van der Waals surface area contributed by atoms with Gasteiger partial charge in [0, 0.05) is 12.7 Å². The van der Waals surface area contributed by atoms with Crippen molar-refractivity contribution in [1.29, 1.82) is 0 Å². The Morgan fingerprint density at radius 3 is 2.96 bits per heavy atom. The van der Waals surface area contributed by atoms with Gasteiger partial charge in [0.15, 0.2) is 0 Å². The first-order valence-electron chi connectivity index (χ1n) is 8.47. The zero-order valence-corrected chi connectivity index (χ0v) is 13.7. The Hall–Kier alpha value is -1.53. The number of hydrogen-bond donors (Lipinski definition) is 1. The Kier molecular flexibility index (Phi) is 4.92. The third-order valence-electron chi connectivity index (χ3n) is 4.81. The van der Waals surface area contributed by atoms with Crippen molar-refractivity contribution in [2.24, 2.45) is 0 Å². The molecule has 126 valence electrons. The minimum atomic E-state index is -0.811. The minimum absolute atomic E-state index is 0.0217. The van der Waals surface area contributed by atoms with Gasteiger partial charge in [-0.1, -0.05) is 19.3 Å². The van der Waals surface area contributed by atoms with Crippen LogP contribution in [0.5, 0.6) is 0 Å². The number of rotatable bonds is 3. The number of aromatic nitrogens is 2. The topological polar surface area (TPSA) is 75.6 Å². The number of nitrogens with zero attached hydrogens (tertiary/aromatic N) is 3. The van der Waals surface area contributed by atoms with E-state index in [1.807, 2.05) is 13.0 Å². The maximum atomic E-state index is 12.6. The molecule has 1 aliphatic heterocycles. The molecule has 1 aromatic rings. The molecule has 1 aliphatic carbocycles. The zero-order valence-electron chi connectivity index (χ0n) is 13.7. The summed E-state index contributed by atoms with van der Waals surface area (Å²) in [6.45, 7) is 3.41. The first kappa shape index (κ1) is 16.3. The van der Waals surface area contributed by atoms with Crippen LogP contribution in [0.1, 0.15) is 56.1 Å². The van der Waals surface area contributed by atoms with E-state index in [9.17, 15) is 9.90 Å². The second kappa shape index (κ2) is 6.93. The SMILES string of the molecule is Cc1nccc([C@H]2CN(C(=O)CC3(O)CCCCC3)CCO2)n1. The molecule has 1 aromatic heterocycles. The maximum Gasteiger partial charge on any atom is 0.225 e. The van der Waals surface area contributed by atoms with Crippen LogP contribution in [-0.4, -0.2) is 51.2 Å². The van der Waals surface area contributed by atoms with Crippen LogP contribution in [0.2, 0.25) is 0 Å². The monoisotopic (exact) mass is 319 g/mol. The van der Waals surface area contributed by atoms with Crippen molar-refractivity contribution in [2.75, 3.05) is 19.7 Å². The molecular formula is C17H25N3O3. The van der Waals surface area contributed by atoms with E-state index in [0.29, 0.717) is 25.5 Å². The lowest BCUT2D eigenvalue weighted by Crippen LogP contribution is -2.46. The molecule has 2 aliphatic rings. The molecule has 2 fully saturated rings. The third-order valence-corrected chi connectivity index (χ3v) is 4.81. The van der Waals surface area contributed by atoms with Gasteiger partial charge in [-0.25, -0.2) is 9.97 Å². The van der Waals surface area contributed by atoms with Gasteiger partial charge in [-0.2, -0.15) is 0 Å². The molecule has 23 heavy (non-hydrogen) atoms. The molecule has 3 rings (SSSR count). The van der Waals surface area contributed by atoms with Crippen LogP contribution in [0.3, 0.4) is 0 Å². The molecule has 1 amide bonds.